The minimum Gasteiger partial charge on any atom is -0.126 e. The SMILES string of the molecule is CCCCSc1ccc(CCCCCSc2[c]cccc2)cc1. The molecule has 2 rings (SSSR count). The van der Waals surface area contributed by atoms with E-state index >= 15 is 0 Å². The van der Waals surface area contributed by atoms with Gasteiger partial charge in [-0.2, -0.15) is 0 Å². The summed E-state index contributed by atoms with van der Waals surface area (Å²) in [5.74, 6) is 2.44. The maximum atomic E-state index is 3.27. The first-order valence-electron chi connectivity index (χ1n) is 8.69. The monoisotopic (exact) mass is 343 g/mol. The molecule has 23 heavy (non-hydrogen) atoms. The lowest BCUT2D eigenvalue weighted by Crippen LogP contribution is -1.88. The van der Waals surface area contributed by atoms with E-state index < -0.39 is 0 Å². The van der Waals surface area contributed by atoms with Crippen molar-refractivity contribution in [1.82, 2.24) is 0 Å². The Morgan fingerprint density at radius 3 is 2.39 bits per heavy atom. The fraction of sp³-hybridized carbons (Fsp3) is 0.429. The number of hydrogen-bond donors (Lipinski definition) is 0. The molecule has 0 fully saturated rings. The summed E-state index contributed by atoms with van der Waals surface area (Å²) in [7, 11) is 0. The molecule has 0 spiro atoms. The first-order valence-corrected chi connectivity index (χ1v) is 10.7. The summed E-state index contributed by atoms with van der Waals surface area (Å²) in [5.41, 5.74) is 1.48. The summed E-state index contributed by atoms with van der Waals surface area (Å²) in [6, 6.07) is 20.7. The second kappa shape index (κ2) is 11.6. The van der Waals surface area contributed by atoms with Gasteiger partial charge in [0.15, 0.2) is 0 Å². The van der Waals surface area contributed by atoms with Crippen molar-refractivity contribution < 1.29 is 0 Å². The number of hydrogen-bond acceptors (Lipinski definition) is 2. The third-order valence-corrected chi connectivity index (χ3v) is 5.89. The summed E-state index contributed by atoms with van der Waals surface area (Å²) >= 11 is 3.90. The van der Waals surface area contributed by atoms with Crippen LogP contribution in [-0.2, 0) is 6.42 Å². The molecule has 0 aromatic heterocycles. The van der Waals surface area contributed by atoms with Gasteiger partial charge in [-0.05, 0) is 67.0 Å². The topological polar surface area (TPSA) is 0 Å². The van der Waals surface area contributed by atoms with Gasteiger partial charge in [0.05, 0.1) is 0 Å². The van der Waals surface area contributed by atoms with Crippen molar-refractivity contribution in [3.63, 3.8) is 0 Å². The van der Waals surface area contributed by atoms with Crippen LogP contribution in [0.5, 0.6) is 0 Å². The highest BCUT2D eigenvalue weighted by molar-refractivity contribution is 7.99. The van der Waals surface area contributed by atoms with Gasteiger partial charge in [0.25, 0.3) is 0 Å². The predicted octanol–water partition coefficient (Wildman–Crippen LogP) is 6.88. The lowest BCUT2D eigenvalue weighted by molar-refractivity contribution is 0.722. The zero-order valence-electron chi connectivity index (χ0n) is 14.1. The van der Waals surface area contributed by atoms with Gasteiger partial charge in [-0.15, -0.1) is 23.5 Å². The van der Waals surface area contributed by atoms with Gasteiger partial charge >= 0.3 is 0 Å². The molecule has 0 saturated carbocycles. The summed E-state index contributed by atoms with van der Waals surface area (Å²) in [6.45, 7) is 2.25. The smallest absolute Gasteiger partial charge is 0.0151 e. The molecule has 0 aliphatic heterocycles. The molecule has 0 saturated heterocycles. The van der Waals surface area contributed by atoms with E-state index in [1.165, 1.54) is 65.4 Å². The fourth-order valence-corrected chi connectivity index (χ4v) is 4.24. The molecule has 0 heterocycles. The lowest BCUT2D eigenvalue weighted by atomic mass is 10.1. The average Bonchev–Trinajstić information content (AvgIpc) is 2.60. The van der Waals surface area contributed by atoms with Gasteiger partial charge < -0.3 is 0 Å². The highest BCUT2D eigenvalue weighted by Crippen LogP contribution is 2.21. The van der Waals surface area contributed by atoms with Crippen LogP contribution in [0.15, 0.2) is 58.3 Å². The summed E-state index contributed by atoms with van der Waals surface area (Å²) < 4.78 is 0. The summed E-state index contributed by atoms with van der Waals surface area (Å²) in [6.07, 6.45) is 7.70. The molecule has 0 bridgehead atoms. The second-order valence-electron chi connectivity index (χ2n) is 5.73. The van der Waals surface area contributed by atoms with Gasteiger partial charge in [0, 0.05) is 9.79 Å². The molecule has 0 unspecified atom stereocenters. The molecule has 123 valence electrons. The van der Waals surface area contributed by atoms with E-state index in [2.05, 4.69) is 49.4 Å². The Hall–Kier alpha value is -0.860. The molecule has 0 nitrogen and oxygen atoms in total. The molecule has 0 aliphatic rings. The van der Waals surface area contributed by atoms with E-state index in [0.717, 1.165) is 0 Å². The van der Waals surface area contributed by atoms with Crippen molar-refractivity contribution in [2.45, 2.75) is 55.2 Å². The fourth-order valence-electron chi connectivity index (χ4n) is 2.34. The Balaban J connectivity index is 1.55. The third-order valence-electron chi connectivity index (χ3n) is 3.74. The van der Waals surface area contributed by atoms with Gasteiger partial charge in [0.2, 0.25) is 0 Å². The molecule has 0 amide bonds. The minimum atomic E-state index is 1.20. The standard InChI is InChI=1S/C21H27S2/c1-2-3-17-22-21-15-13-19(14-16-21)10-6-5-9-18-23-20-11-7-4-8-12-20/h4,7-8,11,13-16H,2-3,5-6,9-10,17-18H2,1H3. The van der Waals surface area contributed by atoms with Crippen LogP contribution in [0, 0.1) is 6.07 Å². The van der Waals surface area contributed by atoms with Gasteiger partial charge in [-0.25, -0.2) is 0 Å². The highest BCUT2D eigenvalue weighted by Gasteiger charge is 1.98. The van der Waals surface area contributed by atoms with Crippen LogP contribution < -0.4 is 0 Å². The molecule has 2 heteroatoms. The third kappa shape index (κ3) is 7.99. The van der Waals surface area contributed by atoms with Gasteiger partial charge in [0.1, 0.15) is 0 Å². The van der Waals surface area contributed by atoms with Crippen LogP contribution >= 0.6 is 23.5 Å². The normalized spacial score (nSPS) is 10.8. The van der Waals surface area contributed by atoms with Crippen molar-refractivity contribution >= 4 is 23.5 Å². The summed E-state index contributed by atoms with van der Waals surface area (Å²) in [5, 5.41) is 0. The van der Waals surface area contributed by atoms with E-state index in [0.29, 0.717) is 0 Å². The molecular formula is C21H27S2. The number of aryl methyl sites for hydroxylation is 1. The number of unbranched alkanes of at least 4 members (excludes halogenated alkanes) is 3. The van der Waals surface area contributed by atoms with E-state index in [-0.39, 0.29) is 0 Å². The zero-order valence-corrected chi connectivity index (χ0v) is 15.7. The first kappa shape index (κ1) is 18.5. The quantitative estimate of drug-likeness (QED) is 0.322. The van der Waals surface area contributed by atoms with Crippen LogP contribution in [0.3, 0.4) is 0 Å². The van der Waals surface area contributed by atoms with Crippen LogP contribution in [-0.4, -0.2) is 11.5 Å². The molecular weight excluding hydrogens is 316 g/mol. The van der Waals surface area contributed by atoms with E-state index in [9.17, 15) is 0 Å². The zero-order chi connectivity index (χ0) is 16.2. The van der Waals surface area contributed by atoms with Crippen LogP contribution in [0.2, 0.25) is 0 Å². The molecule has 0 atom stereocenters. The van der Waals surface area contributed by atoms with Crippen molar-refractivity contribution in [3.05, 3.63) is 60.2 Å². The Morgan fingerprint density at radius 1 is 0.826 bits per heavy atom. The van der Waals surface area contributed by atoms with Crippen molar-refractivity contribution in [2.75, 3.05) is 11.5 Å². The Morgan fingerprint density at radius 2 is 1.65 bits per heavy atom. The number of thioether (sulfide) groups is 2. The van der Waals surface area contributed by atoms with E-state index in [1.807, 2.05) is 35.7 Å². The lowest BCUT2D eigenvalue weighted by Gasteiger charge is -2.05. The van der Waals surface area contributed by atoms with Gasteiger partial charge in [-0.1, -0.05) is 50.1 Å². The molecule has 2 aromatic carbocycles. The minimum absolute atomic E-state index is 1.20. The van der Waals surface area contributed by atoms with Crippen LogP contribution in [0.4, 0.5) is 0 Å². The Bertz CT molecular complexity index is 519. The molecule has 0 aliphatic carbocycles. The average molecular weight is 344 g/mol. The van der Waals surface area contributed by atoms with Crippen LogP contribution in [0.1, 0.15) is 44.6 Å². The van der Waals surface area contributed by atoms with E-state index in [1.54, 1.807) is 0 Å². The van der Waals surface area contributed by atoms with Gasteiger partial charge in [-0.3, -0.25) is 0 Å². The predicted molar refractivity (Wildman–Crippen MR) is 106 cm³/mol. The van der Waals surface area contributed by atoms with Crippen molar-refractivity contribution in [3.8, 4) is 0 Å². The number of rotatable bonds is 11. The summed E-state index contributed by atoms with van der Waals surface area (Å²) in [4.78, 5) is 2.68. The van der Waals surface area contributed by atoms with Crippen molar-refractivity contribution in [2.24, 2.45) is 0 Å². The van der Waals surface area contributed by atoms with Crippen LogP contribution in [0.25, 0.3) is 0 Å². The van der Waals surface area contributed by atoms with E-state index in [4.69, 9.17) is 0 Å². The molecule has 1 radical (unpaired) electrons. The maximum absolute atomic E-state index is 3.27. The Labute approximate surface area is 150 Å². The van der Waals surface area contributed by atoms with Crippen molar-refractivity contribution in [1.29, 1.82) is 0 Å². The molecule has 2 aromatic rings. The Kier molecular flexibility index (Phi) is 9.35. The second-order valence-corrected chi connectivity index (χ2v) is 8.04. The highest BCUT2D eigenvalue weighted by atomic mass is 32.2. The number of benzene rings is 2. The largest absolute Gasteiger partial charge is 0.126 e. The first-order chi connectivity index (χ1) is 11.4. The maximum Gasteiger partial charge on any atom is 0.0151 e. The molecule has 0 N–H and O–H groups in total.